The lowest BCUT2D eigenvalue weighted by molar-refractivity contribution is 0.0997. The number of hydrogen-bond acceptors (Lipinski definition) is 4. The number of carbonyl (C=O) groups excluding carboxylic acids is 1. The zero-order valence-electron chi connectivity index (χ0n) is 17.5. The van der Waals surface area contributed by atoms with E-state index in [4.69, 9.17) is 10.5 Å². The second-order valence-corrected chi connectivity index (χ2v) is 7.35. The summed E-state index contributed by atoms with van der Waals surface area (Å²) in [4.78, 5) is 18.0. The maximum Gasteiger partial charge on any atom is 0.254 e. The molecule has 1 heterocycles. The third-order valence-corrected chi connectivity index (χ3v) is 4.99. The Kier molecular flexibility index (Phi) is 7.98. The third-order valence-electron chi connectivity index (χ3n) is 4.99. The molecule has 2 N–H and O–H groups in total. The van der Waals surface area contributed by atoms with Crippen LogP contribution in [0.15, 0.2) is 73.1 Å². The van der Waals surface area contributed by atoms with Gasteiger partial charge in [-0.3, -0.25) is 14.7 Å². The molecule has 156 valence electrons. The van der Waals surface area contributed by atoms with Gasteiger partial charge < -0.3 is 10.5 Å². The van der Waals surface area contributed by atoms with Crippen molar-refractivity contribution < 1.29 is 9.53 Å². The standard InChI is InChI=1S/C25H29N3O2/c1-2-3-16-28(19-21-7-5-4-6-8-21)17-14-20-9-11-22(12-10-20)30-24-13-15-27-18-23(24)25(26)29/h4-13,15,18H,2-3,14,16-17,19H2,1H3,(H2,26,29). The van der Waals surface area contributed by atoms with Crippen molar-refractivity contribution in [3.63, 3.8) is 0 Å². The Balaban J connectivity index is 1.59. The lowest BCUT2D eigenvalue weighted by atomic mass is 10.1. The van der Waals surface area contributed by atoms with Crippen molar-refractivity contribution in [2.24, 2.45) is 5.73 Å². The number of hydrogen-bond donors (Lipinski definition) is 1. The first-order valence-corrected chi connectivity index (χ1v) is 10.4. The molecule has 0 unspecified atom stereocenters. The second-order valence-electron chi connectivity index (χ2n) is 7.35. The summed E-state index contributed by atoms with van der Waals surface area (Å²) >= 11 is 0. The first-order valence-electron chi connectivity index (χ1n) is 10.4. The molecule has 0 atom stereocenters. The molecule has 0 aliphatic carbocycles. The highest BCUT2D eigenvalue weighted by molar-refractivity contribution is 5.95. The van der Waals surface area contributed by atoms with Crippen molar-refractivity contribution in [1.29, 1.82) is 0 Å². The summed E-state index contributed by atoms with van der Waals surface area (Å²) in [6, 6.07) is 20.3. The molecule has 30 heavy (non-hydrogen) atoms. The van der Waals surface area contributed by atoms with E-state index in [1.54, 1.807) is 12.3 Å². The highest BCUT2D eigenvalue weighted by Gasteiger charge is 2.10. The van der Waals surface area contributed by atoms with Gasteiger partial charge in [0.15, 0.2) is 0 Å². The van der Waals surface area contributed by atoms with Gasteiger partial charge in [0.05, 0.1) is 0 Å². The van der Waals surface area contributed by atoms with E-state index >= 15 is 0 Å². The van der Waals surface area contributed by atoms with Crippen LogP contribution in [0, 0.1) is 0 Å². The van der Waals surface area contributed by atoms with Crippen LogP contribution in [0.2, 0.25) is 0 Å². The SMILES string of the molecule is CCCCN(CCc1ccc(Oc2ccncc2C(N)=O)cc1)Cc1ccccc1. The van der Waals surface area contributed by atoms with Crippen LogP contribution in [0.25, 0.3) is 0 Å². The Morgan fingerprint density at radius 1 is 1.00 bits per heavy atom. The monoisotopic (exact) mass is 403 g/mol. The van der Waals surface area contributed by atoms with Crippen LogP contribution in [0.3, 0.4) is 0 Å². The van der Waals surface area contributed by atoms with Crippen LogP contribution >= 0.6 is 0 Å². The number of nitrogens with zero attached hydrogens (tertiary/aromatic N) is 2. The van der Waals surface area contributed by atoms with Crippen LogP contribution in [-0.2, 0) is 13.0 Å². The highest BCUT2D eigenvalue weighted by atomic mass is 16.5. The topological polar surface area (TPSA) is 68.4 Å². The summed E-state index contributed by atoms with van der Waals surface area (Å²) in [5, 5.41) is 0. The van der Waals surface area contributed by atoms with E-state index < -0.39 is 5.91 Å². The summed E-state index contributed by atoms with van der Waals surface area (Å²) in [5.41, 5.74) is 8.26. The molecule has 0 bridgehead atoms. The largest absolute Gasteiger partial charge is 0.456 e. The lowest BCUT2D eigenvalue weighted by Crippen LogP contribution is -2.26. The summed E-state index contributed by atoms with van der Waals surface area (Å²) in [7, 11) is 0. The number of ether oxygens (including phenoxy) is 1. The van der Waals surface area contributed by atoms with Crippen molar-refractivity contribution in [3.8, 4) is 11.5 Å². The number of rotatable bonds is 11. The number of aromatic nitrogens is 1. The molecule has 0 radical (unpaired) electrons. The Hall–Kier alpha value is -3.18. The molecule has 0 aliphatic heterocycles. The molecule has 0 aliphatic rings. The molecular weight excluding hydrogens is 374 g/mol. The lowest BCUT2D eigenvalue weighted by Gasteiger charge is -2.22. The summed E-state index contributed by atoms with van der Waals surface area (Å²) in [6.45, 7) is 5.31. The molecule has 5 heteroatoms. The molecule has 0 saturated heterocycles. The van der Waals surface area contributed by atoms with Gasteiger partial charge in [-0.2, -0.15) is 0 Å². The number of benzene rings is 2. The number of primary amides is 1. The quantitative estimate of drug-likeness (QED) is 0.498. The van der Waals surface area contributed by atoms with Crippen molar-refractivity contribution in [2.45, 2.75) is 32.7 Å². The van der Waals surface area contributed by atoms with Crippen LogP contribution in [0.1, 0.15) is 41.3 Å². The first-order chi connectivity index (χ1) is 14.7. The van der Waals surface area contributed by atoms with Crippen molar-refractivity contribution in [2.75, 3.05) is 13.1 Å². The van der Waals surface area contributed by atoms with Crippen molar-refractivity contribution >= 4 is 5.91 Å². The predicted molar refractivity (Wildman–Crippen MR) is 120 cm³/mol. The van der Waals surface area contributed by atoms with Gasteiger partial charge in [0.2, 0.25) is 0 Å². The van der Waals surface area contributed by atoms with Gasteiger partial charge in [-0.05, 0) is 48.7 Å². The molecular formula is C25H29N3O2. The average Bonchev–Trinajstić information content (AvgIpc) is 2.77. The Bertz CT molecular complexity index is 927. The van der Waals surface area contributed by atoms with Gasteiger partial charge >= 0.3 is 0 Å². The van der Waals surface area contributed by atoms with Gasteiger partial charge in [0.1, 0.15) is 17.1 Å². The fourth-order valence-electron chi connectivity index (χ4n) is 3.29. The fourth-order valence-corrected chi connectivity index (χ4v) is 3.29. The second kappa shape index (κ2) is 11.1. The maximum atomic E-state index is 11.5. The molecule has 1 aromatic heterocycles. The molecule has 3 rings (SSSR count). The van der Waals surface area contributed by atoms with Crippen LogP contribution in [0.4, 0.5) is 0 Å². The smallest absolute Gasteiger partial charge is 0.254 e. The number of amides is 1. The van der Waals surface area contributed by atoms with E-state index in [9.17, 15) is 4.79 Å². The van der Waals surface area contributed by atoms with Crippen LogP contribution < -0.4 is 10.5 Å². The van der Waals surface area contributed by atoms with E-state index in [0.29, 0.717) is 11.5 Å². The molecule has 0 saturated carbocycles. The van der Waals surface area contributed by atoms with Crippen molar-refractivity contribution in [3.05, 3.63) is 89.7 Å². The van der Waals surface area contributed by atoms with Crippen LogP contribution in [-0.4, -0.2) is 28.9 Å². The van der Waals surface area contributed by atoms with Gasteiger partial charge in [-0.15, -0.1) is 0 Å². The van der Waals surface area contributed by atoms with E-state index in [1.807, 2.05) is 12.1 Å². The van der Waals surface area contributed by atoms with E-state index in [1.165, 1.54) is 30.2 Å². The normalized spacial score (nSPS) is 10.9. The van der Waals surface area contributed by atoms with E-state index in [0.717, 1.165) is 26.1 Å². The summed E-state index contributed by atoms with van der Waals surface area (Å²) in [5.74, 6) is 0.527. The number of pyridine rings is 1. The molecule has 1 amide bonds. The number of carbonyl (C=O) groups is 1. The van der Waals surface area contributed by atoms with Crippen molar-refractivity contribution in [1.82, 2.24) is 9.88 Å². The predicted octanol–water partition coefficient (Wildman–Crippen LogP) is 4.82. The molecule has 0 fully saturated rings. The molecule has 2 aromatic carbocycles. The number of nitrogens with two attached hydrogens (primary N) is 1. The zero-order chi connectivity index (χ0) is 21.2. The Labute approximate surface area is 178 Å². The minimum absolute atomic E-state index is 0.272. The third kappa shape index (κ3) is 6.42. The van der Waals surface area contributed by atoms with E-state index in [-0.39, 0.29) is 5.56 Å². The Morgan fingerprint density at radius 3 is 2.47 bits per heavy atom. The minimum atomic E-state index is -0.555. The maximum absolute atomic E-state index is 11.5. The molecule has 0 spiro atoms. The van der Waals surface area contributed by atoms with Gasteiger partial charge in [0, 0.05) is 25.5 Å². The Morgan fingerprint density at radius 2 is 1.77 bits per heavy atom. The van der Waals surface area contributed by atoms with Gasteiger partial charge in [0.25, 0.3) is 5.91 Å². The van der Waals surface area contributed by atoms with Gasteiger partial charge in [-0.25, -0.2) is 0 Å². The average molecular weight is 404 g/mol. The zero-order valence-corrected chi connectivity index (χ0v) is 17.5. The van der Waals surface area contributed by atoms with E-state index in [2.05, 4.69) is 59.3 Å². The van der Waals surface area contributed by atoms with Crippen LogP contribution in [0.5, 0.6) is 11.5 Å². The highest BCUT2D eigenvalue weighted by Crippen LogP contribution is 2.24. The minimum Gasteiger partial charge on any atom is -0.456 e. The van der Waals surface area contributed by atoms with Gasteiger partial charge in [-0.1, -0.05) is 55.8 Å². The fraction of sp³-hybridized carbons (Fsp3) is 0.280. The number of unbranched alkanes of at least 4 members (excludes halogenated alkanes) is 1. The first kappa shape index (κ1) is 21.5. The summed E-state index contributed by atoms with van der Waals surface area (Å²) < 4.78 is 5.83. The molecule has 3 aromatic rings. The molecule has 5 nitrogen and oxygen atoms in total. The summed E-state index contributed by atoms with van der Waals surface area (Å²) in [6.07, 6.45) is 6.36.